The maximum Gasteiger partial charge on any atom is 0.237 e. The molecule has 1 aromatic carbocycles. The van der Waals surface area contributed by atoms with E-state index in [-0.39, 0.29) is 5.71 Å². The van der Waals surface area contributed by atoms with Crippen LogP contribution < -0.4 is 10.3 Å². The van der Waals surface area contributed by atoms with Crippen LogP contribution in [-0.2, 0) is 0 Å². The number of nitrogens with zero attached hydrogens (tertiary/aromatic N) is 4. The van der Waals surface area contributed by atoms with Gasteiger partial charge in [0.05, 0.1) is 16.4 Å². The molecule has 1 aromatic rings. The van der Waals surface area contributed by atoms with Gasteiger partial charge in [-0.3, -0.25) is 5.43 Å². The summed E-state index contributed by atoms with van der Waals surface area (Å²) in [5.74, 6) is 0. The van der Waals surface area contributed by atoms with Crippen LogP contribution in [0.1, 0.15) is 12.8 Å². The van der Waals surface area contributed by atoms with Gasteiger partial charge in [-0.2, -0.15) is 15.6 Å². The average molecular weight is 274 g/mol. The molecule has 0 unspecified atom stereocenters. The Bertz CT molecular complexity index is 560. The lowest BCUT2D eigenvalue weighted by atomic mass is 10.2. The minimum absolute atomic E-state index is 0.222. The van der Waals surface area contributed by atoms with E-state index in [0.29, 0.717) is 10.7 Å². The van der Waals surface area contributed by atoms with Crippen molar-refractivity contribution in [3.63, 3.8) is 0 Å². The Morgan fingerprint density at radius 2 is 1.95 bits per heavy atom. The van der Waals surface area contributed by atoms with Crippen LogP contribution in [0.3, 0.4) is 0 Å². The van der Waals surface area contributed by atoms with Gasteiger partial charge >= 0.3 is 0 Å². The fourth-order valence-electron chi connectivity index (χ4n) is 1.99. The summed E-state index contributed by atoms with van der Waals surface area (Å²) in [6, 6.07) is 8.85. The summed E-state index contributed by atoms with van der Waals surface area (Å²) in [5.41, 5.74) is 4.08. The number of nitrogens with one attached hydrogen (secondary N) is 1. The van der Waals surface area contributed by atoms with Gasteiger partial charge in [-0.25, -0.2) is 0 Å². The van der Waals surface area contributed by atoms with Gasteiger partial charge in [0.15, 0.2) is 0 Å². The van der Waals surface area contributed by atoms with Gasteiger partial charge in [0.25, 0.3) is 0 Å². The van der Waals surface area contributed by atoms with Crippen LogP contribution in [0.2, 0.25) is 5.02 Å². The second kappa shape index (κ2) is 6.08. The number of rotatable bonds is 3. The van der Waals surface area contributed by atoms with Crippen LogP contribution in [0, 0.1) is 22.7 Å². The zero-order chi connectivity index (χ0) is 13.7. The number of anilines is 2. The highest BCUT2D eigenvalue weighted by molar-refractivity contribution is 6.33. The molecule has 0 radical (unpaired) electrons. The van der Waals surface area contributed by atoms with E-state index in [2.05, 4.69) is 15.4 Å². The number of nitriles is 2. The molecule has 0 atom stereocenters. The van der Waals surface area contributed by atoms with Crippen molar-refractivity contribution in [1.29, 1.82) is 10.5 Å². The maximum atomic E-state index is 8.57. The summed E-state index contributed by atoms with van der Waals surface area (Å²) in [6.07, 6.45) is 2.38. The van der Waals surface area contributed by atoms with Gasteiger partial charge in [-0.05, 0) is 31.0 Å². The predicted octanol–water partition coefficient (Wildman–Crippen LogP) is 2.76. The lowest BCUT2D eigenvalue weighted by molar-refractivity contribution is 0.949. The normalized spacial score (nSPS) is 13.5. The zero-order valence-electron chi connectivity index (χ0n) is 10.2. The Morgan fingerprint density at radius 3 is 2.53 bits per heavy atom. The minimum Gasteiger partial charge on any atom is -0.370 e. The summed E-state index contributed by atoms with van der Waals surface area (Å²) in [7, 11) is 0. The lowest BCUT2D eigenvalue weighted by Gasteiger charge is -2.19. The molecule has 6 heteroatoms. The Hall–Kier alpha value is -2.24. The van der Waals surface area contributed by atoms with E-state index in [0.717, 1.165) is 18.8 Å². The average Bonchev–Trinajstić information content (AvgIpc) is 2.94. The molecule has 1 N–H and O–H groups in total. The summed E-state index contributed by atoms with van der Waals surface area (Å²) in [6.45, 7) is 2.05. The highest BCUT2D eigenvalue weighted by Gasteiger charge is 2.15. The number of hydrazone groups is 1. The third-order valence-electron chi connectivity index (χ3n) is 2.90. The monoisotopic (exact) mass is 273 g/mol. The van der Waals surface area contributed by atoms with Gasteiger partial charge in [0.2, 0.25) is 5.71 Å². The molecular weight excluding hydrogens is 262 g/mol. The van der Waals surface area contributed by atoms with Gasteiger partial charge in [0, 0.05) is 13.1 Å². The molecule has 0 saturated carbocycles. The Labute approximate surface area is 116 Å². The fourth-order valence-corrected chi connectivity index (χ4v) is 2.29. The molecule has 1 saturated heterocycles. The second-order valence-corrected chi connectivity index (χ2v) is 4.56. The fraction of sp³-hybridized carbons (Fsp3) is 0.308. The Morgan fingerprint density at radius 1 is 1.26 bits per heavy atom. The molecular formula is C13H12ClN5. The molecule has 1 aliphatic heterocycles. The topological polar surface area (TPSA) is 75.2 Å². The van der Waals surface area contributed by atoms with E-state index >= 15 is 0 Å². The summed E-state index contributed by atoms with van der Waals surface area (Å²) < 4.78 is 0. The van der Waals surface area contributed by atoms with Crippen LogP contribution in [-0.4, -0.2) is 18.8 Å². The van der Waals surface area contributed by atoms with Crippen LogP contribution in [0.15, 0.2) is 23.3 Å². The lowest BCUT2D eigenvalue weighted by Crippen LogP contribution is -2.17. The second-order valence-electron chi connectivity index (χ2n) is 4.16. The van der Waals surface area contributed by atoms with Crippen LogP contribution in [0.5, 0.6) is 0 Å². The number of halogens is 1. The van der Waals surface area contributed by atoms with E-state index in [1.54, 1.807) is 18.2 Å². The van der Waals surface area contributed by atoms with Crippen LogP contribution in [0.25, 0.3) is 0 Å². The van der Waals surface area contributed by atoms with Crippen molar-refractivity contribution in [1.82, 2.24) is 0 Å². The van der Waals surface area contributed by atoms with E-state index in [1.807, 2.05) is 12.1 Å². The summed E-state index contributed by atoms with van der Waals surface area (Å²) in [4.78, 5) is 2.24. The largest absolute Gasteiger partial charge is 0.370 e. The van der Waals surface area contributed by atoms with Gasteiger partial charge < -0.3 is 4.90 Å². The molecule has 0 amide bonds. The summed E-state index contributed by atoms with van der Waals surface area (Å²) in [5, 5.41) is 21.4. The smallest absolute Gasteiger partial charge is 0.237 e. The van der Waals surface area contributed by atoms with E-state index < -0.39 is 0 Å². The first-order chi connectivity index (χ1) is 9.24. The third-order valence-corrected chi connectivity index (χ3v) is 3.21. The summed E-state index contributed by atoms with van der Waals surface area (Å²) >= 11 is 6.23. The molecule has 2 rings (SSSR count). The standard InChI is InChI=1S/C13H12ClN5/c14-12-7-10(17-18-11(8-15)9-16)3-4-13(12)19-5-1-2-6-19/h3-4,7,17H,1-2,5-6H2. The van der Waals surface area contributed by atoms with Gasteiger partial charge in [0.1, 0.15) is 12.1 Å². The molecule has 19 heavy (non-hydrogen) atoms. The van der Waals surface area contributed by atoms with E-state index in [1.165, 1.54) is 12.8 Å². The van der Waals surface area contributed by atoms with E-state index in [4.69, 9.17) is 22.1 Å². The maximum absolute atomic E-state index is 8.57. The minimum atomic E-state index is -0.222. The highest BCUT2D eigenvalue weighted by atomic mass is 35.5. The molecule has 0 aromatic heterocycles. The van der Waals surface area contributed by atoms with Crippen molar-refractivity contribution in [3.8, 4) is 12.1 Å². The Kier molecular flexibility index (Phi) is 4.22. The van der Waals surface area contributed by atoms with Crippen molar-refractivity contribution in [2.24, 2.45) is 5.10 Å². The number of benzene rings is 1. The molecule has 5 nitrogen and oxygen atoms in total. The number of hydrogen-bond acceptors (Lipinski definition) is 5. The first kappa shape index (κ1) is 13.2. The Balaban J connectivity index is 2.13. The molecule has 1 heterocycles. The molecule has 1 fully saturated rings. The molecule has 0 aliphatic carbocycles. The van der Waals surface area contributed by atoms with Crippen molar-refractivity contribution < 1.29 is 0 Å². The predicted molar refractivity (Wildman–Crippen MR) is 75.2 cm³/mol. The van der Waals surface area contributed by atoms with Crippen molar-refractivity contribution >= 4 is 28.7 Å². The van der Waals surface area contributed by atoms with Gasteiger partial charge in [-0.15, -0.1) is 0 Å². The SMILES string of the molecule is N#CC(C#N)=NNc1ccc(N2CCCC2)c(Cl)c1. The quantitative estimate of drug-likeness (QED) is 0.679. The van der Waals surface area contributed by atoms with Crippen LogP contribution in [0.4, 0.5) is 11.4 Å². The highest BCUT2D eigenvalue weighted by Crippen LogP contribution is 2.31. The van der Waals surface area contributed by atoms with E-state index in [9.17, 15) is 0 Å². The van der Waals surface area contributed by atoms with Crippen molar-refractivity contribution in [2.75, 3.05) is 23.4 Å². The first-order valence-corrected chi connectivity index (χ1v) is 6.31. The molecule has 0 bridgehead atoms. The molecule has 1 aliphatic rings. The number of hydrogen-bond donors (Lipinski definition) is 1. The molecule has 96 valence electrons. The van der Waals surface area contributed by atoms with Crippen LogP contribution >= 0.6 is 11.6 Å². The molecule has 0 spiro atoms. The van der Waals surface area contributed by atoms with Crippen molar-refractivity contribution in [2.45, 2.75) is 12.8 Å². The first-order valence-electron chi connectivity index (χ1n) is 5.93. The third kappa shape index (κ3) is 3.15. The van der Waals surface area contributed by atoms with Gasteiger partial charge in [-0.1, -0.05) is 11.6 Å². The zero-order valence-corrected chi connectivity index (χ0v) is 11.0. The van der Waals surface area contributed by atoms with Crippen molar-refractivity contribution in [3.05, 3.63) is 23.2 Å².